The minimum atomic E-state index is -0.183. The molecule has 1 saturated carbocycles. The molecule has 100 valence electrons. The summed E-state index contributed by atoms with van der Waals surface area (Å²) in [5.41, 5.74) is 1.09. The van der Waals surface area contributed by atoms with E-state index in [9.17, 15) is 4.39 Å². The maximum atomic E-state index is 12.9. The number of benzene rings is 1. The summed E-state index contributed by atoms with van der Waals surface area (Å²) in [7, 11) is 0. The van der Waals surface area contributed by atoms with E-state index in [1.165, 1.54) is 31.4 Å². The predicted octanol–water partition coefficient (Wildman–Crippen LogP) is 4.90. The van der Waals surface area contributed by atoms with Gasteiger partial charge < -0.3 is 4.74 Å². The van der Waals surface area contributed by atoms with Crippen LogP contribution in [-0.4, -0.2) is 10.5 Å². The van der Waals surface area contributed by atoms with Gasteiger partial charge in [-0.2, -0.15) is 0 Å². The molecular formula is C15H20FIO. The van der Waals surface area contributed by atoms with Crippen molar-refractivity contribution in [3.05, 3.63) is 35.6 Å². The lowest BCUT2D eigenvalue weighted by atomic mass is 9.88. The zero-order chi connectivity index (χ0) is 13.0. The first-order valence-electron chi connectivity index (χ1n) is 6.66. The van der Waals surface area contributed by atoms with E-state index in [0.29, 0.717) is 6.10 Å². The van der Waals surface area contributed by atoms with E-state index in [1.54, 1.807) is 0 Å². The molecule has 0 radical (unpaired) electrons. The summed E-state index contributed by atoms with van der Waals surface area (Å²) >= 11 is 2.34. The number of halogens is 2. The summed E-state index contributed by atoms with van der Waals surface area (Å²) < 4.78 is 20.0. The smallest absolute Gasteiger partial charge is 0.123 e. The molecule has 1 aliphatic carbocycles. The summed E-state index contributed by atoms with van der Waals surface area (Å²) in [6.45, 7) is 2.30. The molecule has 0 spiro atoms. The van der Waals surface area contributed by atoms with E-state index >= 15 is 0 Å². The third-order valence-electron chi connectivity index (χ3n) is 3.63. The first-order chi connectivity index (χ1) is 8.69. The van der Waals surface area contributed by atoms with Crippen LogP contribution in [0.3, 0.4) is 0 Å². The van der Waals surface area contributed by atoms with Gasteiger partial charge in [-0.25, -0.2) is 4.39 Å². The molecule has 3 unspecified atom stereocenters. The third kappa shape index (κ3) is 3.92. The number of hydrogen-bond acceptors (Lipinski definition) is 1. The Labute approximate surface area is 122 Å². The number of alkyl halides is 1. The maximum Gasteiger partial charge on any atom is 0.123 e. The number of hydrogen-bond donors (Lipinski definition) is 0. The van der Waals surface area contributed by atoms with Gasteiger partial charge in [-0.3, -0.25) is 0 Å². The SMILES string of the molecule is CC1CCCC(OC(CI)c2ccc(F)cc2)C1. The van der Waals surface area contributed by atoms with Crippen LogP contribution in [0.4, 0.5) is 4.39 Å². The van der Waals surface area contributed by atoms with Crippen molar-refractivity contribution in [2.75, 3.05) is 4.43 Å². The van der Waals surface area contributed by atoms with Crippen molar-refractivity contribution >= 4 is 22.6 Å². The lowest BCUT2D eigenvalue weighted by Crippen LogP contribution is -2.24. The Kier molecular flexibility index (Phi) is 5.42. The van der Waals surface area contributed by atoms with Gasteiger partial charge in [0.1, 0.15) is 5.82 Å². The van der Waals surface area contributed by atoms with Crippen molar-refractivity contribution in [3.63, 3.8) is 0 Å². The van der Waals surface area contributed by atoms with Gasteiger partial charge in [0.05, 0.1) is 12.2 Å². The summed E-state index contributed by atoms with van der Waals surface area (Å²) in [5.74, 6) is 0.587. The highest BCUT2D eigenvalue weighted by Crippen LogP contribution is 2.31. The zero-order valence-electron chi connectivity index (χ0n) is 10.7. The molecule has 18 heavy (non-hydrogen) atoms. The van der Waals surface area contributed by atoms with E-state index in [-0.39, 0.29) is 11.9 Å². The molecule has 3 heteroatoms. The minimum absolute atomic E-state index is 0.0986. The molecule has 1 fully saturated rings. The molecular weight excluding hydrogens is 342 g/mol. The van der Waals surface area contributed by atoms with Crippen molar-refractivity contribution < 1.29 is 9.13 Å². The monoisotopic (exact) mass is 362 g/mol. The second-order valence-corrected chi connectivity index (χ2v) is 6.11. The molecule has 1 nitrogen and oxygen atoms in total. The summed E-state index contributed by atoms with van der Waals surface area (Å²) in [5, 5.41) is 0. The van der Waals surface area contributed by atoms with Crippen LogP contribution in [0.15, 0.2) is 24.3 Å². The zero-order valence-corrected chi connectivity index (χ0v) is 12.9. The molecule has 1 aromatic rings. The van der Waals surface area contributed by atoms with Gasteiger partial charge in [0.15, 0.2) is 0 Å². The van der Waals surface area contributed by atoms with Gasteiger partial charge in [0.25, 0.3) is 0 Å². The van der Waals surface area contributed by atoms with Crippen LogP contribution in [0.2, 0.25) is 0 Å². The summed E-state index contributed by atoms with van der Waals surface area (Å²) in [6, 6.07) is 6.71. The topological polar surface area (TPSA) is 9.23 Å². The van der Waals surface area contributed by atoms with Crippen molar-refractivity contribution in [2.45, 2.75) is 44.8 Å². The molecule has 2 rings (SSSR count). The fourth-order valence-electron chi connectivity index (χ4n) is 2.62. The van der Waals surface area contributed by atoms with Crippen molar-refractivity contribution in [1.29, 1.82) is 0 Å². The maximum absolute atomic E-state index is 12.9. The van der Waals surface area contributed by atoms with Gasteiger partial charge >= 0.3 is 0 Å². The number of rotatable bonds is 4. The molecule has 0 heterocycles. The Balaban J connectivity index is 1.98. The van der Waals surface area contributed by atoms with Gasteiger partial charge in [-0.05, 0) is 36.5 Å². The largest absolute Gasteiger partial charge is 0.369 e. The fourth-order valence-corrected chi connectivity index (χ4v) is 3.33. The Morgan fingerprint density at radius 3 is 2.67 bits per heavy atom. The molecule has 0 amide bonds. The molecule has 0 bridgehead atoms. The Hall–Kier alpha value is -0.160. The summed E-state index contributed by atoms with van der Waals surface area (Å²) in [6.07, 6.45) is 5.39. The second kappa shape index (κ2) is 6.85. The normalized spacial score (nSPS) is 25.9. The molecule has 3 atom stereocenters. The van der Waals surface area contributed by atoms with E-state index < -0.39 is 0 Å². The molecule has 0 saturated heterocycles. The number of ether oxygens (including phenoxy) is 1. The van der Waals surface area contributed by atoms with Gasteiger partial charge in [0.2, 0.25) is 0 Å². The molecule has 0 aliphatic heterocycles. The van der Waals surface area contributed by atoms with E-state index in [0.717, 1.165) is 22.3 Å². The van der Waals surface area contributed by atoms with Gasteiger partial charge in [-0.1, -0.05) is 54.5 Å². The van der Waals surface area contributed by atoms with Crippen LogP contribution in [0.25, 0.3) is 0 Å². The lowest BCUT2D eigenvalue weighted by Gasteiger charge is -2.30. The van der Waals surface area contributed by atoms with Crippen molar-refractivity contribution in [2.24, 2.45) is 5.92 Å². The fraction of sp³-hybridized carbons (Fsp3) is 0.600. The highest BCUT2D eigenvalue weighted by Gasteiger charge is 2.23. The average Bonchev–Trinajstić information content (AvgIpc) is 2.37. The van der Waals surface area contributed by atoms with Crippen LogP contribution in [0.5, 0.6) is 0 Å². The molecule has 1 aliphatic rings. The Bertz CT molecular complexity index is 365. The Morgan fingerprint density at radius 1 is 1.33 bits per heavy atom. The molecule has 0 aromatic heterocycles. The van der Waals surface area contributed by atoms with Gasteiger partial charge in [0, 0.05) is 4.43 Å². The second-order valence-electron chi connectivity index (χ2n) is 5.22. The molecule has 0 N–H and O–H groups in total. The Morgan fingerprint density at radius 2 is 2.06 bits per heavy atom. The van der Waals surface area contributed by atoms with Crippen LogP contribution < -0.4 is 0 Å². The van der Waals surface area contributed by atoms with Crippen molar-refractivity contribution in [1.82, 2.24) is 0 Å². The highest BCUT2D eigenvalue weighted by molar-refractivity contribution is 14.1. The van der Waals surface area contributed by atoms with E-state index in [4.69, 9.17) is 4.74 Å². The average molecular weight is 362 g/mol. The third-order valence-corrected chi connectivity index (χ3v) is 4.43. The predicted molar refractivity (Wildman–Crippen MR) is 80.5 cm³/mol. The van der Waals surface area contributed by atoms with E-state index in [1.807, 2.05) is 12.1 Å². The van der Waals surface area contributed by atoms with Gasteiger partial charge in [-0.15, -0.1) is 0 Å². The van der Waals surface area contributed by atoms with Crippen molar-refractivity contribution in [3.8, 4) is 0 Å². The first-order valence-corrected chi connectivity index (χ1v) is 8.18. The van der Waals surface area contributed by atoms with Crippen LogP contribution in [0.1, 0.15) is 44.3 Å². The lowest BCUT2D eigenvalue weighted by molar-refractivity contribution is -0.0283. The highest BCUT2D eigenvalue weighted by atomic mass is 127. The standard InChI is InChI=1S/C15H20FIO/c1-11-3-2-4-14(9-11)18-15(10-17)12-5-7-13(16)8-6-12/h5-8,11,14-15H,2-4,9-10H2,1H3. The van der Waals surface area contributed by atoms with Crippen LogP contribution >= 0.6 is 22.6 Å². The van der Waals surface area contributed by atoms with E-state index in [2.05, 4.69) is 29.5 Å². The quantitative estimate of drug-likeness (QED) is 0.547. The first kappa shape index (κ1) is 14.3. The molecule has 1 aromatic carbocycles. The van der Waals surface area contributed by atoms with Crippen LogP contribution in [0, 0.1) is 11.7 Å². The minimum Gasteiger partial charge on any atom is -0.369 e. The van der Waals surface area contributed by atoms with Crippen LogP contribution in [-0.2, 0) is 4.74 Å². The summed E-state index contributed by atoms with van der Waals surface area (Å²) in [4.78, 5) is 0.